The molecule has 126 valence electrons. The Kier molecular flexibility index (Phi) is 5.35. The molecule has 1 heterocycles. The van der Waals surface area contributed by atoms with Crippen molar-refractivity contribution in [1.82, 2.24) is 4.98 Å². The maximum atomic E-state index is 12.4. The zero-order valence-electron chi connectivity index (χ0n) is 12.1. The summed E-state index contributed by atoms with van der Waals surface area (Å²) in [5.74, 6) is -0.513. The highest BCUT2D eigenvalue weighted by atomic mass is 19.4. The van der Waals surface area contributed by atoms with Crippen LogP contribution in [0.2, 0.25) is 0 Å². The number of hydrogen-bond acceptors (Lipinski definition) is 5. The van der Waals surface area contributed by atoms with Gasteiger partial charge in [0, 0.05) is 6.20 Å². The van der Waals surface area contributed by atoms with E-state index in [1.807, 2.05) is 0 Å². The number of carboxylic acids is 1. The first kappa shape index (κ1) is 17.3. The predicted molar refractivity (Wildman–Crippen MR) is 80.0 cm³/mol. The number of pyridine rings is 1. The standard InChI is InChI=1S/C15H12F3N3O3/c16-15(17,18)11-3-6-13(19-8-11)21-20-7-10-1-4-12(5-2-10)24-9-14(22)23/h1-8H,9H2,(H,19,21)(H,22,23)/b20-7+. The lowest BCUT2D eigenvalue weighted by molar-refractivity contribution is -0.139. The Hall–Kier alpha value is -3.10. The minimum absolute atomic E-state index is 0.167. The van der Waals surface area contributed by atoms with Gasteiger partial charge < -0.3 is 9.84 Å². The van der Waals surface area contributed by atoms with E-state index in [1.54, 1.807) is 24.3 Å². The maximum Gasteiger partial charge on any atom is 0.417 e. The van der Waals surface area contributed by atoms with E-state index >= 15 is 0 Å². The van der Waals surface area contributed by atoms with Gasteiger partial charge in [0.05, 0.1) is 11.8 Å². The highest BCUT2D eigenvalue weighted by molar-refractivity contribution is 5.80. The third kappa shape index (κ3) is 5.27. The van der Waals surface area contributed by atoms with Gasteiger partial charge >= 0.3 is 12.1 Å². The van der Waals surface area contributed by atoms with Crippen LogP contribution in [0.15, 0.2) is 47.7 Å². The number of rotatable bonds is 6. The van der Waals surface area contributed by atoms with Gasteiger partial charge in [0.15, 0.2) is 6.61 Å². The van der Waals surface area contributed by atoms with Crippen LogP contribution in [0.4, 0.5) is 19.0 Å². The van der Waals surface area contributed by atoms with Crippen LogP contribution in [-0.4, -0.2) is 28.9 Å². The van der Waals surface area contributed by atoms with E-state index in [-0.39, 0.29) is 5.82 Å². The molecular weight excluding hydrogens is 327 g/mol. The van der Waals surface area contributed by atoms with E-state index in [0.29, 0.717) is 17.5 Å². The zero-order chi connectivity index (χ0) is 17.6. The lowest BCUT2D eigenvalue weighted by Gasteiger charge is -2.06. The monoisotopic (exact) mass is 339 g/mol. The number of nitrogens with zero attached hydrogens (tertiary/aromatic N) is 2. The molecule has 0 saturated heterocycles. The van der Waals surface area contributed by atoms with E-state index in [2.05, 4.69) is 15.5 Å². The molecule has 1 aromatic heterocycles. The number of carbonyl (C=O) groups is 1. The number of hydrazone groups is 1. The van der Waals surface area contributed by atoms with Gasteiger partial charge in [-0.1, -0.05) is 0 Å². The average molecular weight is 339 g/mol. The third-order valence-corrected chi connectivity index (χ3v) is 2.73. The molecule has 0 aliphatic heterocycles. The topological polar surface area (TPSA) is 83.8 Å². The summed E-state index contributed by atoms with van der Waals surface area (Å²) in [6, 6.07) is 8.49. The average Bonchev–Trinajstić information content (AvgIpc) is 2.54. The number of nitrogens with one attached hydrogen (secondary N) is 1. The van der Waals surface area contributed by atoms with Crippen molar-refractivity contribution in [1.29, 1.82) is 0 Å². The molecule has 2 aromatic rings. The van der Waals surface area contributed by atoms with Gasteiger partial charge in [0.1, 0.15) is 11.6 Å². The number of alkyl halides is 3. The van der Waals surface area contributed by atoms with Gasteiger partial charge in [-0.2, -0.15) is 18.3 Å². The minimum Gasteiger partial charge on any atom is -0.482 e. The number of aliphatic carboxylic acids is 1. The second kappa shape index (κ2) is 7.44. The lowest BCUT2D eigenvalue weighted by Crippen LogP contribution is -2.09. The van der Waals surface area contributed by atoms with Crippen molar-refractivity contribution in [3.63, 3.8) is 0 Å². The van der Waals surface area contributed by atoms with Crippen molar-refractivity contribution >= 4 is 18.0 Å². The first-order chi connectivity index (χ1) is 11.3. The quantitative estimate of drug-likeness (QED) is 0.624. The first-order valence-corrected chi connectivity index (χ1v) is 6.61. The number of hydrogen-bond donors (Lipinski definition) is 2. The Morgan fingerprint density at radius 3 is 2.50 bits per heavy atom. The van der Waals surface area contributed by atoms with Crippen LogP contribution in [0.5, 0.6) is 5.75 Å². The van der Waals surface area contributed by atoms with Gasteiger partial charge in [-0.25, -0.2) is 9.78 Å². The number of carboxylic acid groups (broad SMARTS) is 1. The fraction of sp³-hybridized carbons (Fsp3) is 0.133. The minimum atomic E-state index is -4.43. The largest absolute Gasteiger partial charge is 0.482 e. The molecule has 1 aromatic carbocycles. The normalized spacial score (nSPS) is 11.5. The van der Waals surface area contributed by atoms with Crippen molar-refractivity contribution in [2.24, 2.45) is 5.10 Å². The summed E-state index contributed by atoms with van der Waals surface area (Å²) in [5.41, 5.74) is 2.35. The predicted octanol–water partition coefficient (Wildman–Crippen LogP) is 3.01. The van der Waals surface area contributed by atoms with Crippen LogP contribution in [0.25, 0.3) is 0 Å². The van der Waals surface area contributed by atoms with E-state index in [1.165, 1.54) is 12.3 Å². The van der Waals surface area contributed by atoms with Crippen molar-refractivity contribution in [2.45, 2.75) is 6.18 Å². The van der Waals surface area contributed by atoms with Gasteiger partial charge in [0.2, 0.25) is 0 Å². The number of aromatic nitrogens is 1. The fourth-order valence-electron chi connectivity index (χ4n) is 1.60. The molecule has 0 saturated carbocycles. The van der Waals surface area contributed by atoms with E-state index < -0.39 is 24.3 Å². The number of ether oxygens (including phenoxy) is 1. The summed E-state index contributed by atoms with van der Waals surface area (Å²) in [5, 5.41) is 12.3. The highest BCUT2D eigenvalue weighted by Gasteiger charge is 2.30. The van der Waals surface area contributed by atoms with Gasteiger partial charge in [-0.15, -0.1) is 0 Å². The highest BCUT2D eigenvalue weighted by Crippen LogP contribution is 2.28. The van der Waals surface area contributed by atoms with Crippen molar-refractivity contribution < 1.29 is 27.8 Å². The van der Waals surface area contributed by atoms with Gasteiger partial charge in [-0.3, -0.25) is 5.43 Å². The van der Waals surface area contributed by atoms with E-state index in [4.69, 9.17) is 9.84 Å². The van der Waals surface area contributed by atoms with Crippen LogP contribution in [0.3, 0.4) is 0 Å². The molecule has 0 amide bonds. The molecule has 6 nitrogen and oxygen atoms in total. The summed E-state index contributed by atoms with van der Waals surface area (Å²) < 4.78 is 42.1. The molecule has 0 aliphatic carbocycles. The molecule has 24 heavy (non-hydrogen) atoms. The van der Waals surface area contributed by atoms with Gasteiger partial charge in [0.25, 0.3) is 0 Å². The van der Waals surface area contributed by atoms with E-state index in [0.717, 1.165) is 6.07 Å². The molecular formula is C15H12F3N3O3. The Labute approximate surface area is 134 Å². The third-order valence-electron chi connectivity index (χ3n) is 2.73. The summed E-state index contributed by atoms with van der Waals surface area (Å²) in [6.07, 6.45) is -2.29. The molecule has 0 bridgehead atoms. The Morgan fingerprint density at radius 1 is 1.25 bits per heavy atom. The molecule has 2 rings (SSSR count). The molecule has 9 heteroatoms. The summed E-state index contributed by atoms with van der Waals surface area (Å²) in [6.45, 7) is -0.436. The van der Waals surface area contributed by atoms with Crippen molar-refractivity contribution in [3.05, 3.63) is 53.7 Å². The molecule has 0 fully saturated rings. The number of anilines is 1. The lowest BCUT2D eigenvalue weighted by atomic mass is 10.2. The Balaban J connectivity index is 1.90. The second-order valence-electron chi connectivity index (χ2n) is 4.55. The van der Waals surface area contributed by atoms with Crippen LogP contribution in [-0.2, 0) is 11.0 Å². The first-order valence-electron chi connectivity index (χ1n) is 6.61. The SMILES string of the molecule is O=C(O)COc1ccc(/C=N/Nc2ccc(C(F)(F)F)cn2)cc1. The number of benzene rings is 1. The van der Waals surface area contributed by atoms with Crippen LogP contribution < -0.4 is 10.2 Å². The summed E-state index contributed by atoms with van der Waals surface area (Å²) in [4.78, 5) is 14.0. The zero-order valence-corrected chi connectivity index (χ0v) is 12.1. The van der Waals surface area contributed by atoms with Crippen molar-refractivity contribution in [2.75, 3.05) is 12.0 Å². The molecule has 0 aliphatic rings. The van der Waals surface area contributed by atoms with Crippen LogP contribution >= 0.6 is 0 Å². The summed E-state index contributed by atoms with van der Waals surface area (Å²) >= 11 is 0. The molecule has 0 radical (unpaired) electrons. The molecule has 0 unspecified atom stereocenters. The van der Waals surface area contributed by atoms with E-state index in [9.17, 15) is 18.0 Å². The fourth-order valence-corrected chi connectivity index (χ4v) is 1.60. The maximum absolute atomic E-state index is 12.4. The van der Waals surface area contributed by atoms with Gasteiger partial charge in [-0.05, 0) is 42.0 Å². The second-order valence-corrected chi connectivity index (χ2v) is 4.55. The molecule has 0 spiro atoms. The number of halogens is 3. The van der Waals surface area contributed by atoms with Crippen LogP contribution in [0.1, 0.15) is 11.1 Å². The van der Waals surface area contributed by atoms with Crippen LogP contribution in [0, 0.1) is 0 Å². The molecule has 0 atom stereocenters. The molecule has 2 N–H and O–H groups in total. The Morgan fingerprint density at radius 2 is 1.96 bits per heavy atom. The van der Waals surface area contributed by atoms with Crippen molar-refractivity contribution in [3.8, 4) is 5.75 Å². The summed E-state index contributed by atoms with van der Waals surface area (Å²) in [7, 11) is 0. The smallest absolute Gasteiger partial charge is 0.417 e. The Bertz CT molecular complexity index is 713.